The number of aromatic hydroxyl groups is 2. The van der Waals surface area contributed by atoms with E-state index in [1.165, 1.54) is 24.3 Å². The van der Waals surface area contributed by atoms with Gasteiger partial charge >= 0.3 is 11.9 Å². The zero-order chi connectivity index (χ0) is 32.8. The van der Waals surface area contributed by atoms with E-state index in [0.717, 1.165) is 51.4 Å². The largest absolute Gasteiger partial charge is 0.507 e. The van der Waals surface area contributed by atoms with Gasteiger partial charge < -0.3 is 34.9 Å². The van der Waals surface area contributed by atoms with E-state index >= 15 is 0 Å². The van der Waals surface area contributed by atoms with Gasteiger partial charge in [-0.05, 0) is 51.0 Å². The summed E-state index contributed by atoms with van der Waals surface area (Å²) in [6.07, 6.45) is 6.19. The summed E-state index contributed by atoms with van der Waals surface area (Å²) in [4.78, 5) is 37.2. The first-order valence-corrected chi connectivity index (χ1v) is 15.5. The van der Waals surface area contributed by atoms with Crippen molar-refractivity contribution in [2.75, 3.05) is 18.9 Å². The van der Waals surface area contributed by atoms with Gasteiger partial charge in [-0.1, -0.05) is 52.4 Å². The number of ether oxygens (including phenoxy) is 4. The summed E-state index contributed by atoms with van der Waals surface area (Å²) in [6, 6.07) is 8.82. The van der Waals surface area contributed by atoms with Crippen molar-refractivity contribution in [2.45, 2.75) is 91.3 Å². The molecular formula is C33H44N4O8. The standard InChI is InChI=1S/C33H44N4O8/c1-5-7-9-11-17-42-31(40)21(3)44-23-13-15-25(27(38)19-23)29-35-30(37-33(34)36-29)26-16-14-24(20-28(26)39)45-22(4)32(41)43-18-12-10-8-6-2/h13-16,19-22,38-39H,5-12,17-18H2,1-4H3,(H2,34,35,36,37). The van der Waals surface area contributed by atoms with Gasteiger partial charge in [0.2, 0.25) is 5.95 Å². The number of nitrogen functional groups attached to an aromatic ring is 1. The van der Waals surface area contributed by atoms with Gasteiger partial charge in [0.05, 0.1) is 24.3 Å². The van der Waals surface area contributed by atoms with Gasteiger partial charge in [0.15, 0.2) is 23.9 Å². The minimum absolute atomic E-state index is 0.0520. The van der Waals surface area contributed by atoms with Crippen LogP contribution in [0.15, 0.2) is 36.4 Å². The number of carbonyl (C=O) groups is 2. The van der Waals surface area contributed by atoms with Crippen molar-refractivity contribution in [2.24, 2.45) is 0 Å². The van der Waals surface area contributed by atoms with E-state index < -0.39 is 24.1 Å². The lowest BCUT2D eigenvalue weighted by atomic mass is 10.1. The Hall–Kier alpha value is -4.61. The number of hydrogen-bond donors (Lipinski definition) is 3. The second kappa shape index (κ2) is 17.6. The molecule has 45 heavy (non-hydrogen) atoms. The summed E-state index contributed by atoms with van der Waals surface area (Å²) in [5.41, 5.74) is 6.40. The van der Waals surface area contributed by atoms with Crippen LogP contribution in [0.25, 0.3) is 22.8 Å². The van der Waals surface area contributed by atoms with E-state index in [0.29, 0.717) is 13.2 Å². The first kappa shape index (κ1) is 34.9. The number of phenols is 2. The summed E-state index contributed by atoms with van der Waals surface area (Å²) in [5.74, 6) is -0.964. The predicted molar refractivity (Wildman–Crippen MR) is 169 cm³/mol. The molecule has 12 nitrogen and oxygen atoms in total. The molecule has 1 heterocycles. The van der Waals surface area contributed by atoms with Crippen LogP contribution in [0.1, 0.15) is 79.1 Å². The average molecular weight is 625 g/mol. The van der Waals surface area contributed by atoms with Crippen LogP contribution in [-0.2, 0) is 19.1 Å². The molecule has 2 aromatic carbocycles. The van der Waals surface area contributed by atoms with Crippen molar-refractivity contribution >= 4 is 17.9 Å². The molecule has 2 atom stereocenters. The topological polar surface area (TPSA) is 176 Å². The van der Waals surface area contributed by atoms with Gasteiger partial charge in [0.1, 0.15) is 23.0 Å². The fraction of sp³-hybridized carbons (Fsp3) is 0.485. The summed E-state index contributed by atoms with van der Waals surface area (Å²) in [6.45, 7) is 8.03. The fourth-order valence-corrected chi connectivity index (χ4v) is 4.32. The summed E-state index contributed by atoms with van der Waals surface area (Å²) in [7, 11) is 0. The summed E-state index contributed by atoms with van der Waals surface area (Å²) >= 11 is 0. The quantitative estimate of drug-likeness (QED) is 0.112. The van der Waals surface area contributed by atoms with Gasteiger partial charge in [-0.2, -0.15) is 9.97 Å². The molecule has 12 heteroatoms. The van der Waals surface area contributed by atoms with Gasteiger partial charge in [0.25, 0.3) is 0 Å². The maximum atomic E-state index is 12.3. The zero-order valence-electron chi connectivity index (χ0n) is 26.5. The van der Waals surface area contributed by atoms with Crippen LogP contribution in [-0.4, -0.2) is 62.5 Å². The van der Waals surface area contributed by atoms with Crippen LogP contribution in [0.4, 0.5) is 5.95 Å². The third kappa shape index (κ3) is 10.8. The predicted octanol–water partition coefficient (Wildman–Crippen LogP) is 5.98. The first-order chi connectivity index (χ1) is 21.6. The normalized spacial score (nSPS) is 12.3. The zero-order valence-corrected chi connectivity index (χ0v) is 26.5. The molecule has 0 bridgehead atoms. The monoisotopic (exact) mass is 624 g/mol. The highest BCUT2D eigenvalue weighted by atomic mass is 16.6. The van der Waals surface area contributed by atoms with Crippen LogP contribution in [0.5, 0.6) is 23.0 Å². The third-order valence-electron chi connectivity index (χ3n) is 6.85. The Labute approximate surface area is 263 Å². The molecule has 2 unspecified atom stereocenters. The summed E-state index contributed by atoms with van der Waals surface area (Å²) in [5, 5.41) is 21.5. The van der Waals surface area contributed by atoms with E-state index in [1.807, 2.05) is 0 Å². The molecule has 3 rings (SSSR count). The van der Waals surface area contributed by atoms with E-state index in [4.69, 9.17) is 24.7 Å². The molecule has 0 radical (unpaired) electrons. The number of rotatable bonds is 18. The SMILES string of the molecule is CCCCCCOC(=O)C(C)Oc1ccc(-c2nc(N)nc(-c3ccc(OC(C)C(=O)OCCCCCC)cc3O)n2)c(O)c1. The number of hydrogen-bond acceptors (Lipinski definition) is 12. The van der Waals surface area contributed by atoms with Crippen molar-refractivity contribution in [1.82, 2.24) is 15.0 Å². The molecule has 0 saturated carbocycles. The summed E-state index contributed by atoms with van der Waals surface area (Å²) < 4.78 is 21.9. The molecule has 1 aromatic heterocycles. The molecule has 0 amide bonds. The first-order valence-electron chi connectivity index (χ1n) is 15.5. The number of aromatic nitrogens is 3. The lowest BCUT2D eigenvalue weighted by molar-refractivity contribution is -0.152. The lowest BCUT2D eigenvalue weighted by Crippen LogP contribution is -2.26. The molecule has 244 valence electrons. The Morgan fingerprint density at radius 1 is 0.689 bits per heavy atom. The van der Waals surface area contributed by atoms with Gasteiger partial charge in [-0.3, -0.25) is 0 Å². The molecular weight excluding hydrogens is 580 g/mol. The van der Waals surface area contributed by atoms with Gasteiger partial charge in [-0.15, -0.1) is 0 Å². The Bertz CT molecular complexity index is 1320. The van der Waals surface area contributed by atoms with Crippen LogP contribution in [0, 0.1) is 0 Å². The number of nitrogens with zero attached hydrogens (tertiary/aromatic N) is 3. The van der Waals surface area contributed by atoms with Crippen LogP contribution in [0.3, 0.4) is 0 Å². The number of carbonyl (C=O) groups excluding carboxylic acids is 2. The smallest absolute Gasteiger partial charge is 0.347 e. The minimum Gasteiger partial charge on any atom is -0.507 e. The number of anilines is 1. The third-order valence-corrected chi connectivity index (χ3v) is 6.85. The molecule has 0 aliphatic rings. The maximum absolute atomic E-state index is 12.3. The molecule has 4 N–H and O–H groups in total. The Morgan fingerprint density at radius 3 is 1.49 bits per heavy atom. The highest BCUT2D eigenvalue weighted by molar-refractivity contribution is 5.76. The van der Waals surface area contributed by atoms with E-state index in [1.54, 1.807) is 26.0 Å². The molecule has 0 aliphatic heterocycles. The van der Waals surface area contributed by atoms with Crippen molar-refractivity contribution in [1.29, 1.82) is 0 Å². The van der Waals surface area contributed by atoms with Crippen LogP contribution in [0.2, 0.25) is 0 Å². The highest BCUT2D eigenvalue weighted by Crippen LogP contribution is 2.35. The second-order valence-electron chi connectivity index (χ2n) is 10.7. The second-order valence-corrected chi connectivity index (χ2v) is 10.7. The van der Waals surface area contributed by atoms with Crippen molar-refractivity contribution < 1.29 is 38.7 Å². The molecule has 0 fully saturated rings. The van der Waals surface area contributed by atoms with Crippen LogP contribution < -0.4 is 15.2 Å². The lowest BCUT2D eigenvalue weighted by Gasteiger charge is -2.15. The van der Waals surface area contributed by atoms with Crippen molar-refractivity contribution in [3.8, 4) is 45.8 Å². The number of unbranched alkanes of at least 4 members (excludes halogenated alkanes) is 6. The molecule has 0 saturated heterocycles. The Balaban J connectivity index is 1.67. The Kier molecular flexibility index (Phi) is 13.7. The number of nitrogens with two attached hydrogens (primary N) is 1. The Morgan fingerprint density at radius 2 is 1.11 bits per heavy atom. The molecule has 0 aliphatic carbocycles. The number of esters is 2. The number of benzene rings is 2. The number of phenolic OH excluding ortho intramolecular Hbond substituents is 2. The van der Waals surface area contributed by atoms with Gasteiger partial charge in [0, 0.05) is 12.1 Å². The fourth-order valence-electron chi connectivity index (χ4n) is 4.32. The van der Waals surface area contributed by atoms with E-state index in [2.05, 4.69) is 28.8 Å². The maximum Gasteiger partial charge on any atom is 0.347 e. The minimum atomic E-state index is -0.875. The average Bonchev–Trinajstić information content (AvgIpc) is 3.00. The van der Waals surface area contributed by atoms with E-state index in [9.17, 15) is 19.8 Å². The highest BCUT2D eigenvalue weighted by Gasteiger charge is 2.20. The molecule has 0 spiro atoms. The van der Waals surface area contributed by atoms with Crippen molar-refractivity contribution in [3.63, 3.8) is 0 Å². The van der Waals surface area contributed by atoms with Crippen LogP contribution >= 0.6 is 0 Å². The van der Waals surface area contributed by atoms with Crippen molar-refractivity contribution in [3.05, 3.63) is 36.4 Å². The molecule has 3 aromatic rings. The van der Waals surface area contributed by atoms with E-state index in [-0.39, 0.29) is 51.7 Å². The van der Waals surface area contributed by atoms with Gasteiger partial charge in [-0.25, -0.2) is 14.6 Å².